The molecule has 0 spiro atoms. The first kappa shape index (κ1) is 24.7. The van der Waals surface area contributed by atoms with Crippen molar-refractivity contribution < 1.29 is 24.4 Å². The molecule has 4 rings (SSSR count). The van der Waals surface area contributed by atoms with Crippen molar-refractivity contribution in [1.29, 1.82) is 0 Å². The minimum atomic E-state index is -0.939. The van der Waals surface area contributed by atoms with Crippen LogP contribution in [0.15, 0.2) is 78.4 Å². The number of nitro groups is 1. The summed E-state index contributed by atoms with van der Waals surface area (Å²) in [5.74, 6) is -1.16. The van der Waals surface area contributed by atoms with Gasteiger partial charge in [0.2, 0.25) is 0 Å². The molecule has 0 aromatic heterocycles. The molecule has 0 bridgehead atoms. The summed E-state index contributed by atoms with van der Waals surface area (Å²) < 4.78 is 5.76. The second kappa shape index (κ2) is 10.0. The highest BCUT2D eigenvalue weighted by molar-refractivity contribution is 6.51. The largest absolute Gasteiger partial charge is 0.507 e. The first-order chi connectivity index (χ1) is 17.2. The minimum Gasteiger partial charge on any atom is -0.507 e. The minimum absolute atomic E-state index is 0.0768. The van der Waals surface area contributed by atoms with E-state index in [9.17, 15) is 24.8 Å². The fourth-order valence-corrected chi connectivity index (χ4v) is 4.05. The van der Waals surface area contributed by atoms with Gasteiger partial charge in [-0.05, 0) is 42.7 Å². The zero-order valence-corrected chi connectivity index (χ0v) is 20.2. The van der Waals surface area contributed by atoms with Crippen molar-refractivity contribution in [2.75, 3.05) is 11.5 Å². The van der Waals surface area contributed by atoms with Crippen molar-refractivity contribution in [3.8, 4) is 5.75 Å². The predicted molar refractivity (Wildman–Crippen MR) is 136 cm³/mol. The SMILES string of the molecule is Cc1ccc(N2C(=O)C(=O)/C(=C(\O)c3cccc([N+](=O)[O-])c3)C2c2ccc(OCC(C)C)cc2)cc1. The highest BCUT2D eigenvalue weighted by Gasteiger charge is 2.47. The lowest BCUT2D eigenvalue weighted by Gasteiger charge is -2.25. The van der Waals surface area contributed by atoms with Gasteiger partial charge in [-0.1, -0.05) is 55.8 Å². The summed E-state index contributed by atoms with van der Waals surface area (Å²) in [6.45, 7) is 6.52. The summed E-state index contributed by atoms with van der Waals surface area (Å²) >= 11 is 0. The Morgan fingerprint density at radius 1 is 1.06 bits per heavy atom. The summed E-state index contributed by atoms with van der Waals surface area (Å²) in [6, 6.07) is 18.5. The number of carbonyl (C=O) groups is 2. The molecule has 0 aliphatic carbocycles. The Morgan fingerprint density at radius 3 is 2.33 bits per heavy atom. The molecule has 0 radical (unpaired) electrons. The molecular weight excluding hydrogens is 460 g/mol. The molecule has 3 aromatic rings. The van der Waals surface area contributed by atoms with Crippen LogP contribution >= 0.6 is 0 Å². The van der Waals surface area contributed by atoms with Gasteiger partial charge in [-0.2, -0.15) is 0 Å². The number of ether oxygens (including phenoxy) is 1. The summed E-state index contributed by atoms with van der Waals surface area (Å²) in [5.41, 5.74) is 1.75. The Bertz CT molecular complexity index is 1340. The van der Waals surface area contributed by atoms with E-state index in [0.717, 1.165) is 5.56 Å². The van der Waals surface area contributed by atoms with Gasteiger partial charge >= 0.3 is 0 Å². The molecule has 8 nitrogen and oxygen atoms in total. The molecule has 1 N–H and O–H groups in total. The van der Waals surface area contributed by atoms with Gasteiger partial charge in [-0.15, -0.1) is 0 Å². The molecule has 8 heteroatoms. The molecular formula is C28H26N2O6. The molecule has 1 atom stereocenters. The van der Waals surface area contributed by atoms with Crippen LogP contribution in [0.1, 0.15) is 36.6 Å². The van der Waals surface area contributed by atoms with Crippen molar-refractivity contribution >= 4 is 28.8 Å². The van der Waals surface area contributed by atoms with Crippen LogP contribution in [-0.2, 0) is 9.59 Å². The number of aryl methyl sites for hydroxylation is 1. The van der Waals surface area contributed by atoms with Crippen LogP contribution in [0.2, 0.25) is 0 Å². The number of Topliss-reactive ketones (excluding diaryl/α,β-unsaturated/α-hetero) is 1. The monoisotopic (exact) mass is 486 g/mol. The van der Waals surface area contributed by atoms with Crippen molar-refractivity contribution in [2.45, 2.75) is 26.8 Å². The normalized spacial score (nSPS) is 17.0. The number of nitrogens with zero attached hydrogens (tertiary/aromatic N) is 2. The van der Waals surface area contributed by atoms with Crippen molar-refractivity contribution in [1.82, 2.24) is 0 Å². The highest BCUT2D eigenvalue weighted by Crippen LogP contribution is 2.42. The standard InChI is InChI=1S/C28H26N2O6/c1-17(2)16-36-23-13-9-19(10-14-23)25-24(26(31)20-5-4-6-22(15-20)30(34)35)27(32)28(33)29(25)21-11-7-18(3)8-12-21/h4-15,17,25,31H,16H2,1-3H3/b26-24-. The zero-order valence-electron chi connectivity index (χ0n) is 20.2. The lowest BCUT2D eigenvalue weighted by Crippen LogP contribution is -2.29. The van der Waals surface area contributed by atoms with Crippen LogP contribution < -0.4 is 9.64 Å². The molecule has 1 heterocycles. The molecule has 1 aliphatic heterocycles. The Kier molecular flexibility index (Phi) is 6.87. The van der Waals surface area contributed by atoms with E-state index >= 15 is 0 Å². The summed E-state index contributed by atoms with van der Waals surface area (Å²) in [7, 11) is 0. The third kappa shape index (κ3) is 4.84. The summed E-state index contributed by atoms with van der Waals surface area (Å²) in [6.07, 6.45) is 0. The number of nitro benzene ring substituents is 1. The van der Waals surface area contributed by atoms with Gasteiger partial charge in [0.25, 0.3) is 17.4 Å². The Morgan fingerprint density at radius 2 is 1.72 bits per heavy atom. The van der Waals surface area contributed by atoms with Crippen LogP contribution in [0.3, 0.4) is 0 Å². The van der Waals surface area contributed by atoms with E-state index in [1.807, 2.05) is 32.9 Å². The first-order valence-electron chi connectivity index (χ1n) is 11.5. The number of carbonyl (C=O) groups excluding carboxylic acids is 2. The van der Waals surface area contributed by atoms with Gasteiger partial charge in [-0.3, -0.25) is 24.6 Å². The average Bonchev–Trinajstić information content (AvgIpc) is 3.13. The van der Waals surface area contributed by atoms with Gasteiger partial charge in [0, 0.05) is 23.4 Å². The number of non-ortho nitro benzene ring substituents is 1. The van der Waals surface area contributed by atoms with Gasteiger partial charge in [0.15, 0.2) is 0 Å². The van der Waals surface area contributed by atoms with E-state index in [2.05, 4.69) is 0 Å². The number of ketones is 1. The Hall–Kier alpha value is -4.46. The topological polar surface area (TPSA) is 110 Å². The third-order valence-corrected chi connectivity index (χ3v) is 5.87. The molecule has 1 aliphatic rings. The van der Waals surface area contributed by atoms with Crippen LogP contribution in [-0.4, -0.2) is 28.3 Å². The van der Waals surface area contributed by atoms with Gasteiger partial charge in [0.05, 0.1) is 23.1 Å². The van der Waals surface area contributed by atoms with Gasteiger partial charge in [-0.25, -0.2) is 0 Å². The molecule has 36 heavy (non-hydrogen) atoms. The smallest absolute Gasteiger partial charge is 0.300 e. The highest BCUT2D eigenvalue weighted by atomic mass is 16.6. The number of anilines is 1. The van der Waals surface area contributed by atoms with Crippen LogP contribution in [0, 0.1) is 23.0 Å². The van der Waals surface area contributed by atoms with Crippen molar-refractivity contribution in [3.63, 3.8) is 0 Å². The fraction of sp³-hybridized carbons (Fsp3) is 0.214. The second-order valence-electron chi connectivity index (χ2n) is 9.09. The van der Waals surface area contributed by atoms with Crippen LogP contribution in [0.5, 0.6) is 5.75 Å². The first-order valence-corrected chi connectivity index (χ1v) is 11.5. The third-order valence-electron chi connectivity index (χ3n) is 5.87. The van der Waals surface area contributed by atoms with Gasteiger partial charge in [0.1, 0.15) is 11.5 Å². The van der Waals surface area contributed by atoms with E-state index < -0.39 is 28.4 Å². The quantitative estimate of drug-likeness (QED) is 0.154. The molecule has 0 saturated carbocycles. The van der Waals surface area contributed by atoms with Crippen LogP contribution in [0.4, 0.5) is 11.4 Å². The Labute approximate surface area is 208 Å². The van der Waals surface area contributed by atoms with Crippen LogP contribution in [0.25, 0.3) is 5.76 Å². The van der Waals surface area contributed by atoms with E-state index in [1.165, 1.54) is 29.2 Å². The fourth-order valence-electron chi connectivity index (χ4n) is 4.05. The molecule has 3 aromatic carbocycles. The van der Waals surface area contributed by atoms with Gasteiger partial charge < -0.3 is 9.84 Å². The van der Waals surface area contributed by atoms with E-state index in [4.69, 9.17) is 4.74 Å². The number of aliphatic hydroxyl groups is 1. The van der Waals surface area contributed by atoms with Crippen molar-refractivity contribution in [2.24, 2.45) is 5.92 Å². The average molecular weight is 487 g/mol. The molecule has 1 unspecified atom stereocenters. The van der Waals surface area contributed by atoms with Crippen molar-refractivity contribution in [3.05, 3.63) is 105 Å². The molecule has 1 saturated heterocycles. The summed E-state index contributed by atoms with van der Waals surface area (Å²) in [4.78, 5) is 38.5. The zero-order chi connectivity index (χ0) is 26.0. The molecule has 1 amide bonds. The van der Waals surface area contributed by atoms with E-state index in [0.29, 0.717) is 29.5 Å². The lowest BCUT2D eigenvalue weighted by atomic mass is 9.95. The molecule has 184 valence electrons. The number of hydrogen-bond acceptors (Lipinski definition) is 6. The Balaban J connectivity index is 1.86. The van der Waals surface area contributed by atoms with E-state index in [-0.39, 0.29) is 16.8 Å². The number of hydrogen-bond donors (Lipinski definition) is 1. The maximum absolute atomic E-state index is 13.3. The second-order valence-corrected chi connectivity index (χ2v) is 9.09. The van der Waals surface area contributed by atoms with E-state index in [1.54, 1.807) is 36.4 Å². The number of benzene rings is 3. The number of rotatable bonds is 7. The summed E-state index contributed by atoms with van der Waals surface area (Å²) in [5, 5.41) is 22.4. The lowest BCUT2D eigenvalue weighted by molar-refractivity contribution is -0.384. The maximum Gasteiger partial charge on any atom is 0.300 e. The maximum atomic E-state index is 13.3. The number of amides is 1. The predicted octanol–water partition coefficient (Wildman–Crippen LogP) is 5.56. The molecule has 1 fully saturated rings. The number of aliphatic hydroxyl groups excluding tert-OH is 1.